The van der Waals surface area contributed by atoms with E-state index in [9.17, 15) is 4.79 Å². The third kappa shape index (κ3) is 2.73. The number of nitrogens with zero attached hydrogens (tertiary/aromatic N) is 1. The maximum atomic E-state index is 10.7. The number of halogens is 1. The molecule has 0 unspecified atom stereocenters. The van der Waals surface area contributed by atoms with Gasteiger partial charge >= 0.3 is 0 Å². The number of benzene rings is 1. The fourth-order valence-electron chi connectivity index (χ4n) is 1.94. The summed E-state index contributed by atoms with van der Waals surface area (Å²) in [5.41, 5.74) is 6.95. The molecule has 0 radical (unpaired) electrons. The van der Waals surface area contributed by atoms with Crippen LogP contribution < -0.4 is 5.73 Å². The zero-order valence-electron chi connectivity index (χ0n) is 9.78. The third-order valence-corrected chi connectivity index (χ3v) is 3.45. The molecule has 0 spiro atoms. The number of rotatable bonds is 5. The molecule has 3 N–H and O–H groups in total. The average Bonchev–Trinajstić information content (AvgIpc) is 2.63. The van der Waals surface area contributed by atoms with Crippen LogP contribution in [-0.2, 0) is 11.3 Å². The van der Waals surface area contributed by atoms with E-state index < -0.39 is 0 Å². The van der Waals surface area contributed by atoms with Crippen LogP contribution in [0, 0.1) is 4.77 Å². The van der Waals surface area contributed by atoms with Crippen molar-refractivity contribution < 1.29 is 4.79 Å². The average molecular weight is 284 g/mol. The predicted molar refractivity (Wildman–Crippen MR) is 75.2 cm³/mol. The minimum absolute atomic E-state index is 0.263. The van der Waals surface area contributed by atoms with Gasteiger partial charge < -0.3 is 15.3 Å². The summed E-state index contributed by atoms with van der Waals surface area (Å²) in [5, 5.41) is 0.662. The van der Waals surface area contributed by atoms with Gasteiger partial charge in [0.25, 0.3) is 0 Å². The highest BCUT2D eigenvalue weighted by atomic mass is 35.5. The van der Waals surface area contributed by atoms with Crippen molar-refractivity contribution in [3.63, 3.8) is 0 Å². The highest BCUT2D eigenvalue weighted by molar-refractivity contribution is 7.71. The Labute approximate surface area is 115 Å². The first-order valence-corrected chi connectivity index (χ1v) is 6.53. The summed E-state index contributed by atoms with van der Waals surface area (Å²) >= 11 is 11.4. The number of hydrogen-bond acceptors (Lipinski definition) is 2. The van der Waals surface area contributed by atoms with Crippen LogP contribution in [0.5, 0.6) is 0 Å². The Morgan fingerprint density at radius 1 is 1.44 bits per heavy atom. The van der Waals surface area contributed by atoms with Crippen LogP contribution in [0.4, 0.5) is 0 Å². The number of fused-ring (bicyclic) bond motifs is 1. The van der Waals surface area contributed by atoms with E-state index in [4.69, 9.17) is 29.6 Å². The lowest BCUT2D eigenvalue weighted by molar-refractivity contribution is -0.118. The number of aryl methyl sites for hydroxylation is 1. The van der Waals surface area contributed by atoms with E-state index in [0.717, 1.165) is 30.4 Å². The standard InChI is InChI=1S/C12H14ClN3OS/c13-8-4-3-5-9-11(8)15-12(18)16(9)7-2-1-6-10(14)17/h3-5H,1-2,6-7H2,(H2,14,17)(H,15,18). The van der Waals surface area contributed by atoms with Gasteiger partial charge in [-0.05, 0) is 37.2 Å². The van der Waals surface area contributed by atoms with Crippen molar-refractivity contribution in [2.45, 2.75) is 25.8 Å². The summed E-state index contributed by atoms with van der Waals surface area (Å²) in [4.78, 5) is 13.8. The van der Waals surface area contributed by atoms with Gasteiger partial charge in [-0.1, -0.05) is 17.7 Å². The third-order valence-electron chi connectivity index (χ3n) is 2.81. The molecule has 1 heterocycles. The normalized spacial score (nSPS) is 10.9. The number of carbonyl (C=O) groups excluding carboxylic acids is 1. The monoisotopic (exact) mass is 283 g/mol. The summed E-state index contributed by atoms with van der Waals surface area (Å²) < 4.78 is 2.65. The molecule has 1 amide bonds. The van der Waals surface area contributed by atoms with Crippen LogP contribution in [0.25, 0.3) is 11.0 Å². The van der Waals surface area contributed by atoms with Crippen molar-refractivity contribution in [1.29, 1.82) is 0 Å². The molecule has 0 aliphatic carbocycles. The molecule has 0 saturated carbocycles. The number of carbonyl (C=O) groups is 1. The van der Waals surface area contributed by atoms with E-state index in [1.807, 2.05) is 22.8 Å². The number of nitrogens with two attached hydrogens (primary N) is 1. The Balaban J connectivity index is 2.18. The number of aromatic amines is 1. The van der Waals surface area contributed by atoms with Gasteiger partial charge in [0.15, 0.2) is 4.77 Å². The molecule has 0 saturated heterocycles. The molecule has 2 aromatic rings. The fraction of sp³-hybridized carbons (Fsp3) is 0.333. The van der Waals surface area contributed by atoms with E-state index in [1.165, 1.54) is 0 Å². The minimum atomic E-state index is -0.263. The van der Waals surface area contributed by atoms with Crippen molar-refractivity contribution >= 4 is 40.8 Å². The van der Waals surface area contributed by atoms with Crippen LogP contribution >= 0.6 is 23.8 Å². The first-order valence-electron chi connectivity index (χ1n) is 5.75. The molecular weight excluding hydrogens is 270 g/mol. The number of unbranched alkanes of at least 4 members (excludes halogenated alkanes) is 1. The van der Waals surface area contributed by atoms with Gasteiger partial charge in [-0.3, -0.25) is 4.79 Å². The SMILES string of the molecule is NC(=O)CCCCn1c(=S)[nH]c2c(Cl)cccc21. The summed E-state index contributed by atoms with van der Waals surface area (Å²) in [6, 6.07) is 5.70. The molecule has 18 heavy (non-hydrogen) atoms. The molecule has 6 heteroatoms. The first kappa shape index (κ1) is 13.1. The zero-order valence-corrected chi connectivity index (χ0v) is 11.4. The molecule has 1 aromatic heterocycles. The first-order chi connectivity index (χ1) is 8.59. The second-order valence-electron chi connectivity index (χ2n) is 4.14. The van der Waals surface area contributed by atoms with Crippen LogP contribution in [-0.4, -0.2) is 15.5 Å². The number of nitrogens with one attached hydrogen (secondary N) is 1. The largest absolute Gasteiger partial charge is 0.370 e. The van der Waals surface area contributed by atoms with Gasteiger partial charge in [-0.25, -0.2) is 0 Å². The molecule has 0 bridgehead atoms. The van der Waals surface area contributed by atoms with E-state index in [1.54, 1.807) is 0 Å². The smallest absolute Gasteiger partial charge is 0.217 e. The van der Waals surface area contributed by atoms with Crippen LogP contribution in [0.3, 0.4) is 0 Å². The van der Waals surface area contributed by atoms with Gasteiger partial charge in [0, 0.05) is 13.0 Å². The molecule has 0 atom stereocenters. The molecule has 2 rings (SSSR count). The summed E-state index contributed by atoms with van der Waals surface area (Å²) in [6.07, 6.45) is 2.04. The van der Waals surface area contributed by atoms with Crippen molar-refractivity contribution in [2.75, 3.05) is 0 Å². The Morgan fingerprint density at radius 3 is 2.94 bits per heavy atom. The van der Waals surface area contributed by atoms with Crippen molar-refractivity contribution in [3.8, 4) is 0 Å². The lowest BCUT2D eigenvalue weighted by Gasteiger charge is -2.03. The lowest BCUT2D eigenvalue weighted by atomic mass is 10.2. The highest BCUT2D eigenvalue weighted by Gasteiger charge is 2.06. The molecule has 0 aliphatic rings. The number of primary amides is 1. The minimum Gasteiger partial charge on any atom is -0.370 e. The van der Waals surface area contributed by atoms with E-state index in [2.05, 4.69) is 4.98 Å². The number of amides is 1. The van der Waals surface area contributed by atoms with Gasteiger partial charge in [0.05, 0.1) is 16.1 Å². The highest BCUT2D eigenvalue weighted by Crippen LogP contribution is 2.22. The lowest BCUT2D eigenvalue weighted by Crippen LogP contribution is -2.10. The number of imidazole rings is 1. The van der Waals surface area contributed by atoms with Crippen LogP contribution in [0.15, 0.2) is 18.2 Å². The Kier molecular flexibility index (Phi) is 4.04. The zero-order chi connectivity index (χ0) is 13.1. The second kappa shape index (κ2) is 5.54. The Hall–Kier alpha value is -1.33. The van der Waals surface area contributed by atoms with Gasteiger partial charge in [0.1, 0.15) is 0 Å². The maximum absolute atomic E-state index is 10.7. The van der Waals surface area contributed by atoms with Crippen molar-refractivity contribution in [1.82, 2.24) is 9.55 Å². The summed E-state index contributed by atoms with van der Waals surface area (Å²) in [6.45, 7) is 0.756. The van der Waals surface area contributed by atoms with Gasteiger partial charge in [-0.2, -0.15) is 0 Å². The topological polar surface area (TPSA) is 63.8 Å². The number of hydrogen-bond donors (Lipinski definition) is 2. The number of H-pyrrole nitrogens is 1. The van der Waals surface area contributed by atoms with Crippen molar-refractivity contribution in [2.24, 2.45) is 5.73 Å². The van der Waals surface area contributed by atoms with Crippen LogP contribution in [0.1, 0.15) is 19.3 Å². The second-order valence-corrected chi connectivity index (χ2v) is 4.93. The van der Waals surface area contributed by atoms with E-state index in [0.29, 0.717) is 16.2 Å². The Bertz CT molecular complexity index is 632. The number of aromatic nitrogens is 2. The van der Waals surface area contributed by atoms with E-state index in [-0.39, 0.29) is 5.91 Å². The van der Waals surface area contributed by atoms with E-state index >= 15 is 0 Å². The Morgan fingerprint density at radius 2 is 2.22 bits per heavy atom. The molecule has 4 nitrogen and oxygen atoms in total. The van der Waals surface area contributed by atoms with Crippen LogP contribution in [0.2, 0.25) is 5.02 Å². The summed E-state index contributed by atoms with van der Waals surface area (Å²) in [5.74, 6) is -0.263. The summed E-state index contributed by atoms with van der Waals surface area (Å²) in [7, 11) is 0. The molecule has 1 aromatic carbocycles. The molecule has 0 fully saturated rings. The molecule has 0 aliphatic heterocycles. The van der Waals surface area contributed by atoms with Gasteiger partial charge in [-0.15, -0.1) is 0 Å². The quantitative estimate of drug-likeness (QED) is 0.654. The maximum Gasteiger partial charge on any atom is 0.217 e. The number of para-hydroxylation sites is 1. The van der Waals surface area contributed by atoms with Crippen molar-refractivity contribution in [3.05, 3.63) is 28.0 Å². The predicted octanol–water partition coefficient (Wildman–Crippen LogP) is 3.01. The van der Waals surface area contributed by atoms with Gasteiger partial charge in [0.2, 0.25) is 5.91 Å². The molecular formula is C12H14ClN3OS. The fourth-order valence-corrected chi connectivity index (χ4v) is 2.44. The molecule has 96 valence electrons.